The lowest BCUT2D eigenvalue weighted by Crippen LogP contribution is -2.36. The van der Waals surface area contributed by atoms with E-state index in [4.69, 9.17) is 11.6 Å². The quantitative estimate of drug-likeness (QED) is 0.745. The number of carbonyl (C=O) groups excluding carboxylic acids is 1. The number of rotatable bonds is 4. The molecule has 1 amide bonds. The van der Waals surface area contributed by atoms with Crippen LogP contribution in [0.5, 0.6) is 0 Å². The van der Waals surface area contributed by atoms with Crippen LogP contribution in [0, 0.1) is 0 Å². The maximum Gasteiger partial charge on any atom is 0.240 e. The van der Waals surface area contributed by atoms with Gasteiger partial charge in [0.25, 0.3) is 0 Å². The van der Waals surface area contributed by atoms with E-state index in [0.29, 0.717) is 6.04 Å². The van der Waals surface area contributed by atoms with Crippen molar-refractivity contribution in [2.45, 2.75) is 37.7 Å². The van der Waals surface area contributed by atoms with Crippen LogP contribution in [0.25, 0.3) is 0 Å². The van der Waals surface area contributed by atoms with Gasteiger partial charge in [-0.2, -0.15) is 0 Å². The summed E-state index contributed by atoms with van der Waals surface area (Å²) in [4.78, 5) is 15.0. The van der Waals surface area contributed by atoms with Gasteiger partial charge in [0.1, 0.15) is 5.38 Å². The molecule has 0 bridgehead atoms. The average molecular weight is 244 g/mol. The number of hydrogen-bond donors (Lipinski definition) is 0. The Morgan fingerprint density at radius 3 is 2.93 bits per heavy atom. The molecule has 0 N–H and O–H groups in total. The first-order chi connectivity index (χ1) is 7.18. The molecule has 1 aliphatic rings. The Labute approximate surface area is 98.8 Å². The third kappa shape index (κ3) is 2.73. The van der Waals surface area contributed by atoms with Crippen molar-refractivity contribution in [3.05, 3.63) is 22.4 Å². The fourth-order valence-corrected chi connectivity index (χ4v) is 2.40. The molecular weight excluding hydrogens is 230 g/mol. The first-order valence-corrected chi connectivity index (χ1v) is 6.47. The van der Waals surface area contributed by atoms with E-state index in [-0.39, 0.29) is 5.91 Å². The summed E-state index contributed by atoms with van der Waals surface area (Å²) >= 11 is 7.54. The van der Waals surface area contributed by atoms with E-state index in [0.717, 1.165) is 19.4 Å². The SMILES string of the molecule is CC(Cl)C(=O)N(Cc1cccs1)C1CC1. The molecule has 2 rings (SSSR count). The normalized spacial score (nSPS) is 17.5. The Hall–Kier alpha value is -0.540. The topological polar surface area (TPSA) is 20.3 Å². The molecule has 1 aromatic rings. The molecular formula is C11H14ClNOS. The Morgan fingerprint density at radius 2 is 2.47 bits per heavy atom. The van der Waals surface area contributed by atoms with Crippen LogP contribution >= 0.6 is 22.9 Å². The van der Waals surface area contributed by atoms with Gasteiger partial charge in [-0.1, -0.05) is 6.07 Å². The number of thiophene rings is 1. The molecule has 0 radical (unpaired) electrons. The highest BCUT2D eigenvalue weighted by atomic mass is 35.5. The number of nitrogens with zero attached hydrogens (tertiary/aromatic N) is 1. The van der Waals surface area contributed by atoms with Gasteiger partial charge < -0.3 is 4.90 Å². The number of carbonyl (C=O) groups is 1. The zero-order chi connectivity index (χ0) is 10.8. The zero-order valence-corrected chi connectivity index (χ0v) is 10.2. The number of halogens is 1. The van der Waals surface area contributed by atoms with Crippen LogP contribution in [0.15, 0.2) is 17.5 Å². The average Bonchev–Trinajstić information content (AvgIpc) is 2.92. The molecule has 0 spiro atoms. The van der Waals surface area contributed by atoms with Crippen molar-refractivity contribution in [2.75, 3.05) is 0 Å². The summed E-state index contributed by atoms with van der Waals surface area (Å²) in [5.41, 5.74) is 0. The van der Waals surface area contributed by atoms with Gasteiger partial charge >= 0.3 is 0 Å². The number of hydrogen-bond acceptors (Lipinski definition) is 2. The Kier molecular flexibility index (Phi) is 3.32. The van der Waals surface area contributed by atoms with E-state index >= 15 is 0 Å². The standard InChI is InChI=1S/C11H14ClNOS/c1-8(12)11(14)13(9-4-5-9)7-10-3-2-6-15-10/h2-3,6,8-9H,4-5,7H2,1H3. The minimum absolute atomic E-state index is 0.0626. The van der Waals surface area contributed by atoms with Crippen LogP contribution in [0.1, 0.15) is 24.6 Å². The summed E-state index contributed by atoms with van der Waals surface area (Å²) in [6.45, 7) is 2.46. The number of amides is 1. The van der Waals surface area contributed by atoms with Crippen LogP contribution in [0.2, 0.25) is 0 Å². The van der Waals surface area contributed by atoms with Gasteiger partial charge in [0.05, 0.1) is 6.54 Å². The highest BCUT2D eigenvalue weighted by Crippen LogP contribution is 2.30. The lowest BCUT2D eigenvalue weighted by Gasteiger charge is -2.22. The molecule has 1 atom stereocenters. The van der Waals surface area contributed by atoms with E-state index in [1.807, 2.05) is 16.3 Å². The molecule has 0 saturated heterocycles. The Balaban J connectivity index is 2.03. The molecule has 0 aliphatic heterocycles. The van der Waals surface area contributed by atoms with Crippen LogP contribution < -0.4 is 0 Å². The Bertz CT molecular complexity index is 332. The summed E-state index contributed by atoms with van der Waals surface area (Å²) in [5.74, 6) is 0.0626. The summed E-state index contributed by atoms with van der Waals surface area (Å²) in [7, 11) is 0. The van der Waals surface area contributed by atoms with Crippen LogP contribution in [0.3, 0.4) is 0 Å². The maximum atomic E-state index is 11.8. The van der Waals surface area contributed by atoms with Gasteiger partial charge in [-0.05, 0) is 31.2 Å². The molecule has 4 heteroatoms. The molecule has 0 aromatic carbocycles. The molecule has 1 unspecified atom stereocenters. The van der Waals surface area contributed by atoms with E-state index in [1.165, 1.54) is 4.88 Å². The van der Waals surface area contributed by atoms with Crippen LogP contribution in [0.4, 0.5) is 0 Å². The number of alkyl halides is 1. The summed E-state index contributed by atoms with van der Waals surface area (Å²) in [5, 5.41) is 1.63. The van der Waals surface area contributed by atoms with Crippen molar-refractivity contribution in [1.29, 1.82) is 0 Å². The third-order valence-corrected chi connectivity index (χ3v) is 3.57. The lowest BCUT2D eigenvalue weighted by molar-refractivity contribution is -0.131. The molecule has 1 fully saturated rings. The highest BCUT2D eigenvalue weighted by Gasteiger charge is 2.34. The lowest BCUT2D eigenvalue weighted by atomic mass is 10.3. The van der Waals surface area contributed by atoms with Crippen molar-refractivity contribution in [3.63, 3.8) is 0 Å². The summed E-state index contributed by atoms with van der Waals surface area (Å²) < 4.78 is 0. The van der Waals surface area contributed by atoms with Gasteiger partial charge in [-0.3, -0.25) is 4.79 Å². The minimum atomic E-state index is -0.412. The molecule has 1 heterocycles. The Morgan fingerprint density at radius 1 is 1.73 bits per heavy atom. The van der Waals surface area contributed by atoms with Crippen molar-refractivity contribution in [2.24, 2.45) is 0 Å². The molecule has 1 aromatic heterocycles. The molecule has 1 saturated carbocycles. The molecule has 15 heavy (non-hydrogen) atoms. The first kappa shape index (κ1) is 11.0. The van der Waals surface area contributed by atoms with Crippen molar-refractivity contribution < 1.29 is 4.79 Å². The minimum Gasteiger partial charge on any atom is -0.333 e. The van der Waals surface area contributed by atoms with E-state index < -0.39 is 5.38 Å². The van der Waals surface area contributed by atoms with E-state index in [2.05, 4.69) is 6.07 Å². The fourth-order valence-electron chi connectivity index (χ4n) is 1.57. The summed E-state index contributed by atoms with van der Waals surface area (Å²) in [6, 6.07) is 4.51. The highest BCUT2D eigenvalue weighted by molar-refractivity contribution is 7.09. The van der Waals surface area contributed by atoms with E-state index in [9.17, 15) is 4.79 Å². The van der Waals surface area contributed by atoms with Gasteiger partial charge in [-0.25, -0.2) is 0 Å². The van der Waals surface area contributed by atoms with Crippen LogP contribution in [-0.2, 0) is 11.3 Å². The molecule has 2 nitrogen and oxygen atoms in total. The second-order valence-electron chi connectivity index (χ2n) is 3.89. The predicted octanol–water partition coefficient (Wildman–Crippen LogP) is 2.87. The second kappa shape index (κ2) is 4.54. The maximum absolute atomic E-state index is 11.8. The monoisotopic (exact) mass is 243 g/mol. The van der Waals surface area contributed by atoms with Crippen molar-refractivity contribution in [3.8, 4) is 0 Å². The van der Waals surface area contributed by atoms with Gasteiger partial charge in [0.2, 0.25) is 5.91 Å². The first-order valence-electron chi connectivity index (χ1n) is 5.15. The van der Waals surface area contributed by atoms with Gasteiger partial charge in [-0.15, -0.1) is 22.9 Å². The molecule has 1 aliphatic carbocycles. The van der Waals surface area contributed by atoms with Gasteiger partial charge in [0, 0.05) is 10.9 Å². The van der Waals surface area contributed by atoms with Gasteiger partial charge in [0.15, 0.2) is 0 Å². The molecule has 82 valence electrons. The smallest absolute Gasteiger partial charge is 0.240 e. The fraction of sp³-hybridized carbons (Fsp3) is 0.545. The van der Waals surface area contributed by atoms with E-state index in [1.54, 1.807) is 18.3 Å². The second-order valence-corrected chi connectivity index (χ2v) is 5.58. The third-order valence-electron chi connectivity index (χ3n) is 2.52. The van der Waals surface area contributed by atoms with Crippen molar-refractivity contribution in [1.82, 2.24) is 4.90 Å². The largest absolute Gasteiger partial charge is 0.333 e. The summed E-state index contributed by atoms with van der Waals surface area (Å²) in [6.07, 6.45) is 2.25. The predicted molar refractivity (Wildman–Crippen MR) is 63.2 cm³/mol. The van der Waals surface area contributed by atoms with Crippen LogP contribution in [-0.4, -0.2) is 22.2 Å². The zero-order valence-electron chi connectivity index (χ0n) is 8.65. The van der Waals surface area contributed by atoms with Crippen molar-refractivity contribution >= 4 is 28.8 Å².